The highest BCUT2D eigenvalue weighted by Crippen LogP contribution is 2.26. The minimum Gasteiger partial charge on any atom is -0.366 e. The molecule has 0 radical (unpaired) electrons. The number of nitrogens with one attached hydrogen (secondary N) is 2. The molecule has 0 amide bonds. The highest BCUT2D eigenvalue weighted by atomic mass is 32.2. The second-order valence-electron chi connectivity index (χ2n) is 3.68. The molecule has 2 aromatic heterocycles. The van der Waals surface area contributed by atoms with Gasteiger partial charge >= 0.3 is 0 Å². The van der Waals surface area contributed by atoms with Gasteiger partial charge < -0.3 is 5.32 Å². The Labute approximate surface area is 108 Å². The summed E-state index contributed by atoms with van der Waals surface area (Å²) in [6.45, 7) is 2.13. The molecule has 1 unspecified atom stereocenters. The number of nitrogen functional groups attached to an aromatic ring is 1. The Morgan fingerprint density at radius 3 is 3.06 bits per heavy atom. The van der Waals surface area contributed by atoms with E-state index in [1.807, 2.05) is 11.4 Å². The molecule has 0 saturated carbocycles. The van der Waals surface area contributed by atoms with E-state index in [0.29, 0.717) is 12.0 Å². The summed E-state index contributed by atoms with van der Waals surface area (Å²) in [7, 11) is 0. The number of thiophene rings is 1. The van der Waals surface area contributed by atoms with Crippen LogP contribution in [0.3, 0.4) is 0 Å². The first kappa shape index (κ1) is 12.4. The minimum atomic E-state index is 0.355. The smallest absolute Gasteiger partial charge is 0.240 e. The Morgan fingerprint density at radius 1 is 1.53 bits per heavy atom. The molecule has 0 spiro atoms. The van der Waals surface area contributed by atoms with Gasteiger partial charge in [-0.15, -0.1) is 11.3 Å². The van der Waals surface area contributed by atoms with Gasteiger partial charge in [0.2, 0.25) is 5.95 Å². The van der Waals surface area contributed by atoms with Gasteiger partial charge in [-0.1, -0.05) is 0 Å². The van der Waals surface area contributed by atoms with E-state index in [4.69, 9.17) is 5.84 Å². The fraction of sp³-hybridized carbons (Fsp3) is 0.400. The van der Waals surface area contributed by atoms with E-state index >= 15 is 0 Å². The van der Waals surface area contributed by atoms with Crippen LogP contribution in [0.25, 0.3) is 10.2 Å². The van der Waals surface area contributed by atoms with E-state index in [1.165, 1.54) is 0 Å². The van der Waals surface area contributed by atoms with Crippen LogP contribution < -0.4 is 16.6 Å². The lowest BCUT2D eigenvalue weighted by Crippen LogP contribution is -2.20. The molecule has 17 heavy (non-hydrogen) atoms. The largest absolute Gasteiger partial charge is 0.366 e. The van der Waals surface area contributed by atoms with Gasteiger partial charge in [0.05, 0.1) is 5.39 Å². The van der Waals surface area contributed by atoms with Crippen molar-refractivity contribution < 1.29 is 0 Å². The summed E-state index contributed by atoms with van der Waals surface area (Å²) in [6.07, 6.45) is 2.09. The monoisotopic (exact) mass is 269 g/mol. The molecule has 2 rings (SSSR count). The van der Waals surface area contributed by atoms with Gasteiger partial charge in [-0.25, -0.2) is 10.8 Å². The van der Waals surface area contributed by atoms with Gasteiger partial charge in [0.25, 0.3) is 0 Å². The zero-order valence-electron chi connectivity index (χ0n) is 9.73. The van der Waals surface area contributed by atoms with Crippen LogP contribution in [-0.4, -0.2) is 28.0 Å². The maximum atomic E-state index is 5.37. The number of hydrazine groups is 1. The second-order valence-corrected chi connectivity index (χ2v) is 5.49. The third-order valence-corrected chi connectivity index (χ3v) is 3.89. The van der Waals surface area contributed by atoms with E-state index in [-0.39, 0.29) is 0 Å². The van der Waals surface area contributed by atoms with Crippen molar-refractivity contribution in [1.82, 2.24) is 9.97 Å². The number of rotatable bonds is 5. The standard InChI is InChI=1S/C10H15N5S2/c1-6(5-16-2)12-8-7-3-4-17-9(7)14-10(13-8)15-11/h3-4,6H,5,11H2,1-2H3,(H2,12,13,14,15). The Hall–Kier alpha value is -1.05. The fourth-order valence-electron chi connectivity index (χ4n) is 1.56. The number of hydrogen-bond acceptors (Lipinski definition) is 7. The maximum absolute atomic E-state index is 5.37. The molecule has 1 atom stereocenters. The van der Waals surface area contributed by atoms with Crippen LogP contribution in [0.5, 0.6) is 0 Å². The first-order valence-electron chi connectivity index (χ1n) is 5.22. The quantitative estimate of drug-likeness (QED) is 0.570. The summed E-state index contributed by atoms with van der Waals surface area (Å²) in [5.41, 5.74) is 2.49. The summed E-state index contributed by atoms with van der Waals surface area (Å²) in [6, 6.07) is 2.38. The first-order chi connectivity index (χ1) is 8.24. The Kier molecular flexibility index (Phi) is 4.03. The number of aromatic nitrogens is 2. The average Bonchev–Trinajstić information content (AvgIpc) is 2.77. The predicted octanol–water partition coefficient (Wildman–Crippen LogP) is 2.14. The van der Waals surface area contributed by atoms with Crippen LogP contribution in [0.15, 0.2) is 11.4 Å². The number of nitrogens with zero attached hydrogens (tertiary/aromatic N) is 2. The lowest BCUT2D eigenvalue weighted by Gasteiger charge is -2.14. The third kappa shape index (κ3) is 2.80. The predicted molar refractivity (Wildman–Crippen MR) is 76.7 cm³/mol. The van der Waals surface area contributed by atoms with Crippen molar-refractivity contribution >= 4 is 45.1 Å². The topological polar surface area (TPSA) is 75.9 Å². The summed E-state index contributed by atoms with van der Waals surface area (Å²) in [5.74, 6) is 7.68. The van der Waals surface area contributed by atoms with Gasteiger partial charge in [0.1, 0.15) is 10.6 Å². The Morgan fingerprint density at radius 2 is 2.35 bits per heavy atom. The number of thioether (sulfide) groups is 1. The van der Waals surface area contributed by atoms with Crippen molar-refractivity contribution in [3.63, 3.8) is 0 Å². The molecule has 5 nitrogen and oxygen atoms in total. The van der Waals surface area contributed by atoms with E-state index in [9.17, 15) is 0 Å². The summed E-state index contributed by atoms with van der Waals surface area (Å²) in [4.78, 5) is 9.58. The van der Waals surface area contributed by atoms with E-state index in [2.05, 4.69) is 33.9 Å². The molecular weight excluding hydrogens is 254 g/mol. The SMILES string of the molecule is CSCC(C)Nc1nc(NN)nc2sccc12. The molecule has 0 saturated heterocycles. The molecule has 0 aromatic carbocycles. The molecule has 92 valence electrons. The zero-order valence-corrected chi connectivity index (χ0v) is 11.4. The van der Waals surface area contributed by atoms with Gasteiger partial charge in [-0.05, 0) is 24.6 Å². The molecule has 0 aliphatic rings. The molecule has 2 heterocycles. The number of anilines is 2. The van der Waals surface area contributed by atoms with Gasteiger partial charge in [-0.2, -0.15) is 16.7 Å². The minimum absolute atomic E-state index is 0.355. The molecule has 0 aliphatic heterocycles. The first-order valence-corrected chi connectivity index (χ1v) is 7.49. The van der Waals surface area contributed by atoms with Crippen LogP contribution in [0.1, 0.15) is 6.92 Å². The number of hydrogen-bond donors (Lipinski definition) is 3. The summed E-state index contributed by atoms with van der Waals surface area (Å²) >= 11 is 3.38. The zero-order chi connectivity index (χ0) is 12.3. The molecule has 0 aliphatic carbocycles. The third-order valence-electron chi connectivity index (χ3n) is 2.25. The van der Waals surface area contributed by atoms with Gasteiger partial charge in [0.15, 0.2) is 0 Å². The van der Waals surface area contributed by atoms with E-state index in [0.717, 1.165) is 21.8 Å². The van der Waals surface area contributed by atoms with Crippen LogP contribution >= 0.6 is 23.1 Å². The highest BCUT2D eigenvalue weighted by Gasteiger charge is 2.10. The summed E-state index contributed by atoms with van der Waals surface area (Å²) < 4.78 is 0. The molecule has 7 heteroatoms. The van der Waals surface area contributed by atoms with Crippen LogP contribution in [0, 0.1) is 0 Å². The van der Waals surface area contributed by atoms with E-state index < -0.39 is 0 Å². The molecule has 4 N–H and O–H groups in total. The highest BCUT2D eigenvalue weighted by molar-refractivity contribution is 7.98. The average molecular weight is 269 g/mol. The molecule has 0 bridgehead atoms. The maximum Gasteiger partial charge on any atom is 0.240 e. The Balaban J connectivity index is 2.33. The van der Waals surface area contributed by atoms with Crippen molar-refractivity contribution in [1.29, 1.82) is 0 Å². The number of nitrogens with two attached hydrogens (primary N) is 1. The summed E-state index contributed by atoms with van der Waals surface area (Å²) in [5, 5.41) is 6.43. The van der Waals surface area contributed by atoms with Crippen molar-refractivity contribution in [3.05, 3.63) is 11.4 Å². The van der Waals surface area contributed by atoms with Crippen molar-refractivity contribution in [2.45, 2.75) is 13.0 Å². The van der Waals surface area contributed by atoms with E-state index in [1.54, 1.807) is 23.1 Å². The lowest BCUT2D eigenvalue weighted by atomic mass is 10.3. The lowest BCUT2D eigenvalue weighted by molar-refractivity contribution is 0.904. The number of fused-ring (bicyclic) bond motifs is 1. The molecular formula is C10H15N5S2. The molecule has 2 aromatic rings. The fourth-order valence-corrected chi connectivity index (χ4v) is 2.90. The van der Waals surface area contributed by atoms with Gasteiger partial charge in [0, 0.05) is 11.8 Å². The van der Waals surface area contributed by atoms with Crippen LogP contribution in [0.2, 0.25) is 0 Å². The van der Waals surface area contributed by atoms with Crippen LogP contribution in [0.4, 0.5) is 11.8 Å². The van der Waals surface area contributed by atoms with Crippen molar-refractivity contribution in [2.24, 2.45) is 5.84 Å². The van der Waals surface area contributed by atoms with Crippen LogP contribution in [-0.2, 0) is 0 Å². The van der Waals surface area contributed by atoms with Crippen molar-refractivity contribution in [3.8, 4) is 0 Å². The normalized spacial score (nSPS) is 12.6. The van der Waals surface area contributed by atoms with Crippen molar-refractivity contribution in [2.75, 3.05) is 22.8 Å². The molecule has 0 fully saturated rings. The van der Waals surface area contributed by atoms with Gasteiger partial charge in [-0.3, -0.25) is 5.43 Å². The Bertz CT molecular complexity index is 498. The second kappa shape index (κ2) is 5.52.